The van der Waals surface area contributed by atoms with E-state index in [1.54, 1.807) is 16.7 Å². The van der Waals surface area contributed by atoms with Gasteiger partial charge in [0.1, 0.15) is 6.54 Å². The largest absolute Gasteiger partial charge is 0.330 e. The van der Waals surface area contributed by atoms with E-state index < -0.39 is 0 Å². The molecule has 1 saturated carbocycles. The first-order valence-corrected chi connectivity index (χ1v) is 10.7. The maximum atomic E-state index is 12.7. The fraction of sp³-hybridized carbons (Fsp3) is 0.619. The van der Waals surface area contributed by atoms with E-state index in [-0.39, 0.29) is 24.4 Å². The molecule has 0 saturated heterocycles. The van der Waals surface area contributed by atoms with Crippen molar-refractivity contribution < 1.29 is 9.59 Å². The average molecular weight is 377 g/mol. The fourth-order valence-electron chi connectivity index (χ4n) is 3.27. The van der Waals surface area contributed by atoms with E-state index in [0.717, 1.165) is 23.2 Å². The van der Waals surface area contributed by atoms with Crippen LogP contribution >= 0.6 is 11.8 Å². The number of nitrogens with zero attached hydrogens (tertiary/aromatic N) is 1. The Morgan fingerprint density at radius 3 is 2.62 bits per heavy atom. The lowest BCUT2D eigenvalue weighted by atomic mass is 10.1. The van der Waals surface area contributed by atoms with Crippen molar-refractivity contribution in [1.29, 1.82) is 0 Å². The van der Waals surface area contributed by atoms with Gasteiger partial charge in [0.2, 0.25) is 11.8 Å². The van der Waals surface area contributed by atoms with Gasteiger partial charge in [0.25, 0.3) is 0 Å². The summed E-state index contributed by atoms with van der Waals surface area (Å²) in [4.78, 5) is 27.0. The van der Waals surface area contributed by atoms with Crippen molar-refractivity contribution in [2.45, 2.75) is 71.1 Å². The third-order valence-corrected chi connectivity index (χ3v) is 6.74. The van der Waals surface area contributed by atoms with Crippen LogP contribution in [0.5, 0.6) is 0 Å². The lowest BCUT2D eigenvalue weighted by Gasteiger charge is -2.28. The lowest BCUT2D eigenvalue weighted by molar-refractivity contribution is -0.134. The molecule has 0 bridgehead atoms. The van der Waals surface area contributed by atoms with Gasteiger partial charge in [0, 0.05) is 17.0 Å². The molecule has 0 aliphatic heterocycles. The summed E-state index contributed by atoms with van der Waals surface area (Å²) in [7, 11) is 0. The van der Waals surface area contributed by atoms with Gasteiger partial charge in [-0.3, -0.25) is 9.59 Å². The molecule has 0 spiro atoms. The van der Waals surface area contributed by atoms with Gasteiger partial charge in [-0.25, -0.2) is 0 Å². The molecule has 1 aliphatic rings. The molecule has 0 radical (unpaired) electrons. The zero-order chi connectivity index (χ0) is 19.1. The summed E-state index contributed by atoms with van der Waals surface area (Å²) in [5.41, 5.74) is 3.04. The van der Waals surface area contributed by atoms with Crippen molar-refractivity contribution in [2.75, 3.05) is 17.6 Å². The summed E-state index contributed by atoms with van der Waals surface area (Å²) in [6, 6.07) is 5.94. The van der Waals surface area contributed by atoms with Crippen molar-refractivity contribution in [3.8, 4) is 0 Å². The monoisotopic (exact) mass is 376 g/mol. The number of hydrogen-bond acceptors (Lipinski definition) is 3. The Bertz CT molecular complexity index is 626. The maximum Gasteiger partial charge on any atom is 0.244 e. The Hall–Kier alpha value is -1.49. The summed E-state index contributed by atoms with van der Waals surface area (Å²) < 4.78 is 0. The number of nitrogens with one attached hydrogen (secondary N) is 1. The van der Waals surface area contributed by atoms with E-state index in [1.165, 1.54) is 25.7 Å². The number of aryl methyl sites for hydroxylation is 1. The zero-order valence-electron chi connectivity index (χ0n) is 16.5. The van der Waals surface area contributed by atoms with Crippen LogP contribution in [-0.2, 0) is 9.59 Å². The molecule has 1 N–H and O–H groups in total. The molecule has 144 valence electrons. The summed E-state index contributed by atoms with van der Waals surface area (Å²) in [5, 5.41) is 3.59. The first-order chi connectivity index (χ1) is 12.4. The number of carbonyl (C=O) groups is 2. The van der Waals surface area contributed by atoms with Crippen molar-refractivity contribution in [3.63, 3.8) is 0 Å². The molecule has 4 nitrogen and oxygen atoms in total. The van der Waals surface area contributed by atoms with Gasteiger partial charge in [0.05, 0.1) is 5.75 Å². The topological polar surface area (TPSA) is 49.4 Å². The normalized spacial score (nSPS) is 15.7. The highest BCUT2D eigenvalue weighted by molar-refractivity contribution is 8.00. The van der Waals surface area contributed by atoms with Crippen molar-refractivity contribution in [3.05, 3.63) is 29.3 Å². The molecule has 1 aliphatic carbocycles. The van der Waals surface area contributed by atoms with Crippen molar-refractivity contribution in [1.82, 2.24) is 4.90 Å². The molecule has 0 unspecified atom stereocenters. The second-order valence-corrected chi connectivity index (χ2v) is 8.58. The minimum absolute atomic E-state index is 0.0658. The van der Waals surface area contributed by atoms with Crippen LogP contribution in [0.2, 0.25) is 0 Å². The summed E-state index contributed by atoms with van der Waals surface area (Å²) in [6.07, 6.45) is 5.83. The number of rotatable bonds is 8. The smallest absolute Gasteiger partial charge is 0.244 e. The van der Waals surface area contributed by atoms with Crippen molar-refractivity contribution in [2.24, 2.45) is 0 Å². The molecule has 2 amide bonds. The van der Waals surface area contributed by atoms with E-state index in [2.05, 4.69) is 12.2 Å². The van der Waals surface area contributed by atoms with E-state index in [4.69, 9.17) is 0 Å². The van der Waals surface area contributed by atoms with Crippen LogP contribution in [-0.4, -0.2) is 40.3 Å². The summed E-state index contributed by atoms with van der Waals surface area (Å²) in [5.74, 6) is 0.428. The van der Waals surface area contributed by atoms with Gasteiger partial charge >= 0.3 is 0 Å². The summed E-state index contributed by atoms with van der Waals surface area (Å²) >= 11 is 1.76. The molecule has 1 atom stereocenters. The van der Waals surface area contributed by atoms with Gasteiger partial charge < -0.3 is 10.2 Å². The Morgan fingerprint density at radius 2 is 1.96 bits per heavy atom. The van der Waals surface area contributed by atoms with Gasteiger partial charge in [-0.15, -0.1) is 11.8 Å². The predicted molar refractivity (Wildman–Crippen MR) is 111 cm³/mol. The second-order valence-electron chi connectivity index (χ2n) is 7.29. The average Bonchev–Trinajstić information content (AvgIpc) is 3.14. The molecule has 0 heterocycles. The number of amides is 2. The standard InChI is InChI=1S/C21H32N2O2S/c1-5-16(3)23(21(25)14-26-18-10-6-7-11-18)13-20(24)22-19-12-8-9-15(2)17(19)4/h8-9,12,16,18H,5-7,10-11,13-14H2,1-4H3,(H,22,24)/t16-/m0/s1. The maximum absolute atomic E-state index is 12.7. The molecule has 2 rings (SSSR count). The molecule has 1 aromatic carbocycles. The SMILES string of the molecule is CC[C@H](C)N(CC(=O)Nc1cccc(C)c1C)C(=O)CSC1CCCC1. The molecular weight excluding hydrogens is 344 g/mol. The molecule has 5 heteroatoms. The van der Waals surface area contributed by atoms with Gasteiger partial charge in [-0.05, 0) is 57.2 Å². The van der Waals surface area contributed by atoms with Crippen LogP contribution < -0.4 is 5.32 Å². The predicted octanol–water partition coefficient (Wildman–Crippen LogP) is 4.54. The Morgan fingerprint density at radius 1 is 1.27 bits per heavy atom. The minimum Gasteiger partial charge on any atom is -0.330 e. The summed E-state index contributed by atoms with van der Waals surface area (Å²) in [6.45, 7) is 8.22. The first kappa shape index (κ1) is 20.8. The fourth-order valence-corrected chi connectivity index (χ4v) is 4.48. The number of carbonyl (C=O) groups excluding carboxylic acids is 2. The van der Waals surface area contributed by atoms with Gasteiger partial charge in [-0.2, -0.15) is 0 Å². The quantitative estimate of drug-likeness (QED) is 0.724. The third kappa shape index (κ3) is 5.76. The number of hydrogen-bond donors (Lipinski definition) is 1. The van der Waals surface area contributed by atoms with Gasteiger partial charge in [0.15, 0.2) is 0 Å². The van der Waals surface area contributed by atoms with E-state index in [0.29, 0.717) is 11.0 Å². The number of anilines is 1. The highest BCUT2D eigenvalue weighted by atomic mass is 32.2. The van der Waals surface area contributed by atoms with Crippen LogP contribution in [0, 0.1) is 13.8 Å². The van der Waals surface area contributed by atoms with E-state index in [1.807, 2.05) is 39.0 Å². The Kier molecular flexibility index (Phi) is 8.01. The van der Waals surface area contributed by atoms with E-state index in [9.17, 15) is 9.59 Å². The van der Waals surface area contributed by atoms with Crippen LogP contribution in [0.15, 0.2) is 18.2 Å². The van der Waals surface area contributed by atoms with Crippen LogP contribution in [0.1, 0.15) is 57.1 Å². The highest BCUT2D eigenvalue weighted by Gasteiger charge is 2.24. The molecule has 1 aromatic rings. The first-order valence-electron chi connectivity index (χ1n) is 9.69. The third-order valence-electron chi connectivity index (χ3n) is 5.38. The number of thioether (sulfide) groups is 1. The minimum atomic E-state index is -0.127. The molecular formula is C21H32N2O2S. The second kappa shape index (κ2) is 10.0. The van der Waals surface area contributed by atoms with Crippen LogP contribution in [0.3, 0.4) is 0 Å². The van der Waals surface area contributed by atoms with Crippen LogP contribution in [0.4, 0.5) is 5.69 Å². The molecule has 1 fully saturated rings. The van der Waals surface area contributed by atoms with Crippen LogP contribution in [0.25, 0.3) is 0 Å². The zero-order valence-corrected chi connectivity index (χ0v) is 17.3. The van der Waals surface area contributed by atoms with E-state index >= 15 is 0 Å². The molecule has 0 aromatic heterocycles. The Labute approximate surface area is 162 Å². The lowest BCUT2D eigenvalue weighted by Crippen LogP contribution is -2.44. The number of benzene rings is 1. The molecule has 26 heavy (non-hydrogen) atoms. The van der Waals surface area contributed by atoms with Crippen molar-refractivity contribution >= 4 is 29.3 Å². The Balaban J connectivity index is 1.96. The highest BCUT2D eigenvalue weighted by Crippen LogP contribution is 2.29. The van der Waals surface area contributed by atoms with Gasteiger partial charge in [-0.1, -0.05) is 31.9 Å².